The van der Waals surface area contributed by atoms with E-state index < -0.39 is 6.00 Å². The second kappa shape index (κ2) is 12.5. The van der Waals surface area contributed by atoms with Crippen molar-refractivity contribution in [1.82, 2.24) is 0 Å². The van der Waals surface area contributed by atoms with Crippen molar-refractivity contribution in [1.29, 1.82) is 0 Å². The van der Waals surface area contributed by atoms with Crippen molar-refractivity contribution in [2.45, 2.75) is 64.3 Å². The summed E-state index contributed by atoms with van der Waals surface area (Å²) in [6.45, 7) is 7.36. The van der Waals surface area contributed by atoms with Gasteiger partial charge in [0, 0.05) is 6.61 Å². The molecule has 0 N–H and O–H groups in total. The van der Waals surface area contributed by atoms with Gasteiger partial charge in [0.2, 0.25) is 0 Å². The summed E-state index contributed by atoms with van der Waals surface area (Å²) in [6, 6.07) is -1.56. The summed E-state index contributed by atoms with van der Waals surface area (Å²) >= 11 is 17.5. The van der Waals surface area contributed by atoms with Crippen molar-refractivity contribution in [3.05, 3.63) is 12.2 Å². The lowest BCUT2D eigenvalue weighted by molar-refractivity contribution is 0.151. The van der Waals surface area contributed by atoms with Crippen molar-refractivity contribution in [2.24, 2.45) is 0 Å². The molecule has 0 saturated carbocycles. The molecule has 0 aromatic carbocycles. The maximum absolute atomic E-state index is 5.83. The molecule has 0 aliphatic rings. The smallest absolute Gasteiger partial charge is 0.341 e. The number of hydrogen-bond acceptors (Lipinski definition) is 1. The Morgan fingerprint density at radius 2 is 1.37 bits per heavy atom. The Morgan fingerprint density at radius 3 is 1.84 bits per heavy atom. The van der Waals surface area contributed by atoms with Gasteiger partial charge in [-0.05, 0) is 19.4 Å². The Morgan fingerprint density at radius 1 is 0.895 bits per heavy atom. The first kappa shape index (κ1) is 19.8. The lowest BCUT2D eigenvalue weighted by Gasteiger charge is -2.07. The van der Waals surface area contributed by atoms with Crippen molar-refractivity contribution >= 4 is 39.2 Å². The third-order valence-electron chi connectivity index (χ3n) is 2.85. The van der Waals surface area contributed by atoms with E-state index in [1.165, 1.54) is 38.5 Å². The predicted octanol–water partition coefficient (Wildman–Crippen LogP) is 6.36. The van der Waals surface area contributed by atoms with Crippen molar-refractivity contribution in [3.8, 4) is 0 Å². The van der Waals surface area contributed by atoms with Gasteiger partial charge in [-0.3, -0.25) is 0 Å². The molecule has 0 aromatic rings. The van der Waals surface area contributed by atoms with Crippen LogP contribution in [0.25, 0.3) is 0 Å². The van der Waals surface area contributed by atoms with E-state index in [0.717, 1.165) is 31.1 Å². The van der Waals surface area contributed by atoms with Crippen LogP contribution in [0, 0.1) is 0 Å². The lowest BCUT2D eigenvalue weighted by Crippen LogP contribution is -2.07. The molecule has 19 heavy (non-hydrogen) atoms. The zero-order valence-electron chi connectivity index (χ0n) is 12.0. The van der Waals surface area contributed by atoms with Crippen LogP contribution in [-0.2, 0) is 4.74 Å². The minimum atomic E-state index is -2.36. The van der Waals surface area contributed by atoms with Crippen LogP contribution in [0.4, 0.5) is 0 Å². The van der Waals surface area contributed by atoms with Crippen LogP contribution < -0.4 is 0 Å². The molecule has 0 aromatic heterocycles. The topological polar surface area (TPSA) is 9.23 Å². The van der Waals surface area contributed by atoms with E-state index in [1.807, 2.05) is 6.92 Å². The van der Waals surface area contributed by atoms with Gasteiger partial charge in [0.05, 0.1) is 6.61 Å². The average Bonchev–Trinajstić information content (AvgIpc) is 2.28. The molecular weight excluding hydrogens is 319 g/mol. The van der Waals surface area contributed by atoms with E-state index in [1.54, 1.807) is 0 Å². The molecule has 0 saturated heterocycles. The zero-order chi connectivity index (χ0) is 14.6. The zero-order valence-corrected chi connectivity index (χ0v) is 15.3. The number of hydrogen-bond donors (Lipinski definition) is 0. The Hall–Kier alpha value is 0.787. The Labute approximate surface area is 133 Å². The molecule has 0 atom stereocenters. The van der Waals surface area contributed by atoms with Crippen molar-refractivity contribution < 1.29 is 4.74 Å². The molecule has 114 valence electrons. The maximum Gasteiger partial charge on any atom is 0.341 e. The van der Waals surface area contributed by atoms with Gasteiger partial charge in [-0.15, -0.1) is 33.2 Å². The highest BCUT2D eigenvalue weighted by Gasteiger charge is 2.23. The Balaban J connectivity index is 3.05. The third kappa shape index (κ3) is 18.8. The van der Waals surface area contributed by atoms with Crippen LogP contribution in [0.15, 0.2) is 12.2 Å². The lowest BCUT2D eigenvalue weighted by atomic mass is 10.1. The number of rotatable bonds is 13. The second-order valence-corrected chi connectivity index (χ2v) is 14.5. The molecule has 5 heteroatoms. The summed E-state index contributed by atoms with van der Waals surface area (Å²) in [5.41, 5.74) is 1.10. The van der Waals surface area contributed by atoms with Gasteiger partial charge in [0.15, 0.2) is 0 Å². The van der Waals surface area contributed by atoms with Crippen LogP contribution in [0.2, 0.25) is 6.04 Å². The summed E-state index contributed by atoms with van der Waals surface area (Å²) in [6.07, 6.45) is 9.86. The molecule has 0 spiro atoms. The summed E-state index contributed by atoms with van der Waals surface area (Å²) < 4.78 is 5.45. The molecule has 0 heterocycles. The second-order valence-electron chi connectivity index (χ2n) is 5.20. The quantitative estimate of drug-likeness (QED) is 0.163. The highest BCUT2D eigenvalue weighted by atomic mass is 35.8. The molecule has 0 fully saturated rings. The normalized spacial score (nSPS) is 11.8. The van der Waals surface area contributed by atoms with Gasteiger partial charge in [-0.1, -0.05) is 57.1 Å². The predicted molar refractivity (Wildman–Crippen MR) is 90.7 cm³/mol. The number of halogens is 3. The number of unbranched alkanes of at least 4 members (excludes halogenated alkanes) is 7. The monoisotopic (exact) mass is 344 g/mol. The van der Waals surface area contributed by atoms with Crippen molar-refractivity contribution in [2.75, 3.05) is 13.2 Å². The molecule has 0 aliphatic carbocycles. The van der Waals surface area contributed by atoms with E-state index in [4.69, 9.17) is 38.0 Å². The fourth-order valence-corrected chi connectivity index (χ4v) is 3.69. The van der Waals surface area contributed by atoms with Crippen LogP contribution in [0.3, 0.4) is 0 Å². The van der Waals surface area contributed by atoms with E-state index in [0.29, 0.717) is 6.61 Å². The Kier molecular flexibility index (Phi) is 13.0. The first-order valence-electron chi connectivity index (χ1n) is 7.20. The molecule has 1 nitrogen and oxygen atoms in total. The van der Waals surface area contributed by atoms with Crippen LogP contribution >= 0.6 is 33.2 Å². The summed E-state index contributed by atoms with van der Waals surface area (Å²) in [5, 5.41) is 0. The van der Waals surface area contributed by atoms with Gasteiger partial charge in [0.25, 0.3) is 0 Å². The van der Waals surface area contributed by atoms with Crippen LogP contribution in [0.1, 0.15) is 58.3 Å². The maximum atomic E-state index is 5.83. The molecule has 0 unspecified atom stereocenters. The molecule has 0 aliphatic heterocycles. The van der Waals surface area contributed by atoms with Gasteiger partial charge < -0.3 is 4.74 Å². The summed E-state index contributed by atoms with van der Waals surface area (Å²) in [4.78, 5) is 0. The molecule has 0 amide bonds. The standard InChI is InChI=1S/C14H27Cl3OSi/c1-14(2)13-18-11-9-7-5-3-4-6-8-10-12-19(15,16)17/h1,3-13H2,2H3. The van der Waals surface area contributed by atoms with Gasteiger partial charge in [-0.2, -0.15) is 0 Å². The first-order chi connectivity index (χ1) is 8.92. The van der Waals surface area contributed by atoms with E-state index in [-0.39, 0.29) is 0 Å². The third-order valence-corrected chi connectivity index (χ3v) is 5.47. The fraction of sp³-hybridized carbons (Fsp3) is 0.857. The summed E-state index contributed by atoms with van der Waals surface area (Å²) in [5.74, 6) is 0. The first-order valence-corrected chi connectivity index (χ1v) is 12.4. The minimum absolute atomic E-state index is 0.701. The molecule has 0 radical (unpaired) electrons. The minimum Gasteiger partial charge on any atom is -0.377 e. The molecule has 0 rings (SSSR count). The van der Waals surface area contributed by atoms with E-state index in [9.17, 15) is 0 Å². The van der Waals surface area contributed by atoms with E-state index >= 15 is 0 Å². The molecule has 0 bridgehead atoms. The summed E-state index contributed by atoms with van der Waals surface area (Å²) in [7, 11) is 0. The van der Waals surface area contributed by atoms with Gasteiger partial charge >= 0.3 is 6.00 Å². The highest BCUT2D eigenvalue weighted by molar-refractivity contribution is 7.64. The SMILES string of the molecule is C=C(C)COCCCCCCCCCC[Si](Cl)(Cl)Cl. The largest absolute Gasteiger partial charge is 0.377 e. The van der Waals surface area contributed by atoms with Gasteiger partial charge in [-0.25, -0.2) is 0 Å². The average molecular weight is 346 g/mol. The Bertz CT molecular complexity index is 229. The highest BCUT2D eigenvalue weighted by Crippen LogP contribution is 2.27. The number of ether oxygens (including phenoxy) is 1. The molecular formula is C14H27Cl3OSi. The van der Waals surface area contributed by atoms with E-state index in [2.05, 4.69) is 6.58 Å². The van der Waals surface area contributed by atoms with Crippen LogP contribution in [-0.4, -0.2) is 19.2 Å². The van der Waals surface area contributed by atoms with Gasteiger partial charge in [0.1, 0.15) is 0 Å². The van der Waals surface area contributed by atoms with Crippen LogP contribution in [0.5, 0.6) is 0 Å². The van der Waals surface area contributed by atoms with Crippen molar-refractivity contribution in [3.63, 3.8) is 0 Å². The fourth-order valence-electron chi connectivity index (χ4n) is 1.84.